The lowest BCUT2D eigenvalue weighted by molar-refractivity contribution is -0.110. The van der Waals surface area contributed by atoms with Crippen LogP contribution in [0.25, 0.3) is 22.2 Å². The van der Waals surface area contributed by atoms with E-state index in [1.807, 2.05) is 37.1 Å². The van der Waals surface area contributed by atoms with E-state index in [-0.39, 0.29) is 12.0 Å². The van der Waals surface area contributed by atoms with Gasteiger partial charge in [0.15, 0.2) is 0 Å². The van der Waals surface area contributed by atoms with E-state index >= 15 is 0 Å². The van der Waals surface area contributed by atoms with Crippen LogP contribution in [0.1, 0.15) is 38.8 Å². The number of nitrogens with zero attached hydrogens (tertiary/aromatic N) is 3. The Balaban J connectivity index is 1.89. The number of H-pyrrole nitrogens is 1. The first-order valence-corrected chi connectivity index (χ1v) is 10.9. The molecule has 2 unspecified atom stereocenters. The van der Waals surface area contributed by atoms with Gasteiger partial charge >= 0.3 is 0 Å². The molecule has 3 N–H and O–H groups in total. The molecule has 3 atom stereocenters. The van der Waals surface area contributed by atoms with Gasteiger partial charge in [0.05, 0.1) is 6.17 Å². The number of halogens is 1. The fourth-order valence-corrected chi connectivity index (χ4v) is 3.98. The predicted molar refractivity (Wildman–Crippen MR) is 124 cm³/mol. The van der Waals surface area contributed by atoms with Gasteiger partial charge in [0.25, 0.3) is 0 Å². The van der Waals surface area contributed by atoms with Crippen LogP contribution >= 0.6 is 0 Å². The summed E-state index contributed by atoms with van der Waals surface area (Å²) in [6.45, 7) is 4.08. The van der Waals surface area contributed by atoms with E-state index in [0.717, 1.165) is 52.8 Å². The quantitative estimate of drug-likeness (QED) is 0.447. The number of likely N-dealkylation sites (N-methyl/N-ethyl adjacent to an activating group) is 1. The molecule has 31 heavy (non-hydrogen) atoms. The molecule has 166 valence electrons. The molecule has 0 spiro atoms. The second-order valence-electron chi connectivity index (χ2n) is 8.44. The number of rotatable bonds is 11. The van der Waals surface area contributed by atoms with E-state index < -0.39 is 6.17 Å². The van der Waals surface area contributed by atoms with Crippen LogP contribution in [0.2, 0.25) is 0 Å². The second kappa shape index (κ2) is 10.5. The first-order valence-electron chi connectivity index (χ1n) is 10.9. The summed E-state index contributed by atoms with van der Waals surface area (Å²) in [6.07, 6.45) is 6.37. The number of aldehydes is 1. The van der Waals surface area contributed by atoms with Crippen molar-refractivity contribution in [3.8, 4) is 11.1 Å². The van der Waals surface area contributed by atoms with Crippen LogP contribution in [-0.2, 0) is 11.2 Å². The Kier molecular flexibility index (Phi) is 7.74. The standard InChI is InChI=1S/C24H32FN5O/c1-16(15-31)13-19(26)14-30(3)22-8-7-20-23(18-9-11-27-12-10-18)21(28-24(20)29-22)6-4-5-17(2)25/h7-12,15-17,19H,4-6,13-14,26H2,1-3H3,(H,28,29)/t16?,17?,19-/m0/s1. The number of pyridine rings is 2. The summed E-state index contributed by atoms with van der Waals surface area (Å²) in [6, 6.07) is 7.91. The molecule has 0 saturated heterocycles. The predicted octanol–water partition coefficient (Wildman–Crippen LogP) is 4.29. The molecule has 3 heterocycles. The molecule has 0 aromatic carbocycles. The Labute approximate surface area is 183 Å². The maximum atomic E-state index is 13.3. The average Bonchev–Trinajstić information content (AvgIpc) is 3.11. The fourth-order valence-electron chi connectivity index (χ4n) is 3.98. The molecule has 3 aromatic heterocycles. The number of hydrogen-bond acceptors (Lipinski definition) is 5. The van der Waals surface area contributed by atoms with Crippen molar-refractivity contribution >= 4 is 23.1 Å². The summed E-state index contributed by atoms with van der Waals surface area (Å²) < 4.78 is 13.3. The van der Waals surface area contributed by atoms with Gasteiger partial charge in [-0.05, 0) is 62.4 Å². The number of hydrogen-bond donors (Lipinski definition) is 2. The fraction of sp³-hybridized carbons (Fsp3) is 0.458. The summed E-state index contributed by atoms with van der Waals surface area (Å²) in [5, 5.41) is 1.03. The Bertz CT molecular complexity index is 988. The van der Waals surface area contributed by atoms with Crippen LogP contribution in [0.5, 0.6) is 0 Å². The third-order valence-electron chi connectivity index (χ3n) is 5.52. The molecule has 0 bridgehead atoms. The van der Waals surface area contributed by atoms with E-state index in [4.69, 9.17) is 10.7 Å². The van der Waals surface area contributed by atoms with E-state index in [0.29, 0.717) is 19.4 Å². The minimum Gasteiger partial charge on any atom is -0.358 e. The Morgan fingerprint density at radius 1 is 1.23 bits per heavy atom. The molecular formula is C24H32FN5O. The zero-order valence-electron chi connectivity index (χ0n) is 18.5. The molecule has 7 heteroatoms. The van der Waals surface area contributed by atoms with Gasteiger partial charge in [-0.1, -0.05) is 6.92 Å². The number of aromatic amines is 1. The summed E-state index contributed by atoms with van der Waals surface area (Å²) >= 11 is 0. The molecule has 0 radical (unpaired) electrons. The average molecular weight is 426 g/mol. The van der Waals surface area contributed by atoms with Gasteiger partial charge in [0.2, 0.25) is 0 Å². The van der Waals surface area contributed by atoms with Gasteiger partial charge < -0.3 is 20.4 Å². The number of alkyl halides is 1. The molecule has 0 aliphatic carbocycles. The lowest BCUT2D eigenvalue weighted by Gasteiger charge is -2.23. The topological polar surface area (TPSA) is 87.9 Å². The van der Waals surface area contributed by atoms with Gasteiger partial charge in [-0.2, -0.15) is 0 Å². The maximum Gasteiger partial charge on any atom is 0.140 e. The molecule has 3 aromatic rings. The number of fused-ring (bicyclic) bond motifs is 1. The van der Waals surface area contributed by atoms with Crippen LogP contribution in [0, 0.1) is 5.92 Å². The van der Waals surface area contributed by atoms with Crippen LogP contribution < -0.4 is 10.6 Å². The highest BCUT2D eigenvalue weighted by molar-refractivity contribution is 5.96. The van der Waals surface area contributed by atoms with Crippen molar-refractivity contribution in [3.63, 3.8) is 0 Å². The summed E-state index contributed by atoms with van der Waals surface area (Å²) in [4.78, 5) is 25.3. The largest absolute Gasteiger partial charge is 0.358 e. The molecule has 0 aliphatic rings. The highest BCUT2D eigenvalue weighted by atomic mass is 19.1. The Morgan fingerprint density at radius 3 is 2.65 bits per heavy atom. The van der Waals surface area contributed by atoms with Crippen molar-refractivity contribution in [1.29, 1.82) is 0 Å². The first kappa shape index (κ1) is 22.9. The SMILES string of the molecule is CC(F)CCCc1[nH]c2nc(N(C)C[C@@H](N)CC(C)C=O)ccc2c1-c1ccncc1. The van der Waals surface area contributed by atoms with E-state index in [1.54, 1.807) is 19.3 Å². The number of aryl methyl sites for hydroxylation is 1. The molecule has 0 fully saturated rings. The van der Waals surface area contributed by atoms with Crippen molar-refractivity contribution in [1.82, 2.24) is 15.0 Å². The minimum atomic E-state index is -0.807. The molecule has 6 nitrogen and oxygen atoms in total. The number of nitrogens with one attached hydrogen (secondary N) is 1. The van der Waals surface area contributed by atoms with Crippen LogP contribution in [-0.4, -0.2) is 47.0 Å². The van der Waals surface area contributed by atoms with Crippen LogP contribution in [0.15, 0.2) is 36.7 Å². The lowest BCUT2D eigenvalue weighted by Crippen LogP contribution is -2.37. The number of anilines is 1. The van der Waals surface area contributed by atoms with Gasteiger partial charge in [-0.3, -0.25) is 4.98 Å². The molecule has 0 saturated carbocycles. The summed E-state index contributed by atoms with van der Waals surface area (Å²) in [5.41, 5.74) is 10.2. The number of nitrogens with two attached hydrogens (primary N) is 1. The van der Waals surface area contributed by atoms with Crippen molar-refractivity contribution in [3.05, 3.63) is 42.4 Å². The van der Waals surface area contributed by atoms with Gasteiger partial charge in [-0.15, -0.1) is 0 Å². The number of carbonyl (C=O) groups excluding carboxylic acids is 1. The Morgan fingerprint density at radius 2 is 1.97 bits per heavy atom. The third kappa shape index (κ3) is 5.88. The summed E-state index contributed by atoms with van der Waals surface area (Å²) in [7, 11) is 1.95. The zero-order chi connectivity index (χ0) is 22.4. The normalized spacial score (nSPS) is 14.4. The van der Waals surface area contributed by atoms with Crippen molar-refractivity contribution in [2.75, 3.05) is 18.5 Å². The molecular weight excluding hydrogens is 393 g/mol. The first-order chi connectivity index (χ1) is 14.9. The van der Waals surface area contributed by atoms with Crippen molar-refractivity contribution in [2.45, 2.75) is 51.7 Å². The number of aromatic nitrogens is 3. The minimum absolute atomic E-state index is 0.0558. The summed E-state index contributed by atoms with van der Waals surface area (Å²) in [5.74, 6) is 0.757. The van der Waals surface area contributed by atoms with Crippen LogP contribution in [0.4, 0.5) is 10.2 Å². The van der Waals surface area contributed by atoms with Crippen LogP contribution in [0.3, 0.4) is 0 Å². The highest BCUT2D eigenvalue weighted by Gasteiger charge is 2.17. The smallest absolute Gasteiger partial charge is 0.140 e. The maximum absolute atomic E-state index is 13.3. The van der Waals surface area contributed by atoms with Gasteiger partial charge in [0, 0.05) is 54.6 Å². The lowest BCUT2D eigenvalue weighted by atomic mass is 10.0. The third-order valence-corrected chi connectivity index (χ3v) is 5.52. The van der Waals surface area contributed by atoms with Crippen molar-refractivity contribution in [2.24, 2.45) is 11.7 Å². The molecule has 0 amide bonds. The molecule has 0 aliphatic heterocycles. The van der Waals surface area contributed by atoms with Crippen molar-refractivity contribution < 1.29 is 9.18 Å². The van der Waals surface area contributed by atoms with E-state index in [1.165, 1.54) is 0 Å². The monoisotopic (exact) mass is 425 g/mol. The molecule has 3 rings (SSSR count). The van der Waals surface area contributed by atoms with Gasteiger partial charge in [-0.25, -0.2) is 9.37 Å². The van der Waals surface area contributed by atoms with E-state index in [9.17, 15) is 9.18 Å². The second-order valence-corrected chi connectivity index (χ2v) is 8.44. The van der Waals surface area contributed by atoms with E-state index in [2.05, 4.69) is 16.0 Å². The highest BCUT2D eigenvalue weighted by Crippen LogP contribution is 2.33. The van der Waals surface area contributed by atoms with Gasteiger partial charge in [0.1, 0.15) is 17.8 Å². The zero-order valence-corrected chi connectivity index (χ0v) is 18.5. The Hall–Kier alpha value is -2.80. The number of carbonyl (C=O) groups is 1.